The van der Waals surface area contributed by atoms with Crippen molar-refractivity contribution in [3.8, 4) is 11.3 Å². The predicted molar refractivity (Wildman–Crippen MR) is 139 cm³/mol. The molecule has 0 bridgehead atoms. The van der Waals surface area contributed by atoms with Crippen LogP contribution in [0.15, 0.2) is 109 Å². The van der Waals surface area contributed by atoms with Gasteiger partial charge in [-0.25, -0.2) is 0 Å². The highest BCUT2D eigenvalue weighted by atomic mass is 16.5. The second-order valence-corrected chi connectivity index (χ2v) is 9.41. The molecule has 164 valence electrons. The number of allylic oxidation sites excluding steroid dienone is 2. The van der Waals surface area contributed by atoms with Gasteiger partial charge in [-0.05, 0) is 42.2 Å². The first-order chi connectivity index (χ1) is 16.8. The molecule has 3 aliphatic heterocycles. The Hall–Kier alpha value is -3.89. The lowest BCUT2D eigenvalue weighted by atomic mass is 9.54. The summed E-state index contributed by atoms with van der Waals surface area (Å²) in [6.07, 6.45) is 7.46. The zero-order chi connectivity index (χ0) is 22.7. The van der Waals surface area contributed by atoms with Gasteiger partial charge in [-0.15, -0.1) is 0 Å². The molecule has 0 unspecified atom stereocenters. The van der Waals surface area contributed by atoms with Gasteiger partial charge in [-0.2, -0.15) is 0 Å². The van der Waals surface area contributed by atoms with E-state index in [-0.39, 0.29) is 0 Å². The number of rotatable bonds is 2. The molecule has 3 aliphatic rings. The average molecular weight is 440 g/mol. The minimum absolute atomic E-state index is 0.653. The lowest BCUT2D eigenvalue weighted by molar-refractivity contribution is -0.348. The Morgan fingerprint density at radius 2 is 1.59 bits per heavy atom. The van der Waals surface area contributed by atoms with Crippen molar-refractivity contribution in [2.24, 2.45) is 0 Å². The number of hydrogen-bond donors (Lipinski definition) is 0. The molecule has 0 saturated heterocycles. The zero-order valence-electron chi connectivity index (χ0n) is 19.2. The molecule has 4 heterocycles. The summed E-state index contributed by atoms with van der Waals surface area (Å²) < 4.78 is 11.9. The maximum atomic E-state index is 7.06. The fourth-order valence-corrected chi connectivity index (χ4v) is 6.02. The Balaban J connectivity index is 1.62. The van der Waals surface area contributed by atoms with E-state index in [1.54, 1.807) is 0 Å². The van der Waals surface area contributed by atoms with Crippen molar-refractivity contribution in [1.82, 2.24) is 4.48 Å². The van der Waals surface area contributed by atoms with E-state index in [0.29, 0.717) is 6.61 Å². The molecule has 34 heavy (non-hydrogen) atoms. The SMILES string of the molecule is Cc1ccc([B@@-]23OCCc4ccccc4-c4ccc(n42)C(c2ccccc2)=C2C=CC=[N+]23)cc1. The van der Waals surface area contributed by atoms with E-state index in [1.807, 2.05) is 0 Å². The fourth-order valence-electron chi connectivity index (χ4n) is 6.02. The normalized spacial score (nSPS) is 20.2. The Labute approximate surface area is 200 Å². The number of benzene rings is 3. The monoisotopic (exact) mass is 440 g/mol. The molecule has 0 spiro atoms. The van der Waals surface area contributed by atoms with Crippen LogP contribution in [0.25, 0.3) is 16.8 Å². The Morgan fingerprint density at radius 1 is 0.824 bits per heavy atom. The summed E-state index contributed by atoms with van der Waals surface area (Å²) in [6.45, 7) is 1.06. The molecule has 0 amide bonds. The van der Waals surface area contributed by atoms with E-state index >= 15 is 0 Å². The van der Waals surface area contributed by atoms with Crippen LogP contribution in [0, 0.1) is 6.92 Å². The van der Waals surface area contributed by atoms with E-state index in [4.69, 9.17) is 4.65 Å². The maximum absolute atomic E-state index is 7.06. The van der Waals surface area contributed by atoms with Gasteiger partial charge in [0, 0.05) is 30.1 Å². The Morgan fingerprint density at radius 3 is 2.44 bits per heavy atom. The van der Waals surface area contributed by atoms with Crippen LogP contribution in [0.3, 0.4) is 0 Å². The summed E-state index contributed by atoms with van der Waals surface area (Å²) in [5.74, 6) is 0. The van der Waals surface area contributed by atoms with Crippen LogP contribution in [0.4, 0.5) is 0 Å². The fraction of sp³-hybridized carbons (Fsp3) is 0.100. The number of nitrogens with zero attached hydrogens (tertiary/aromatic N) is 2. The third-order valence-corrected chi connectivity index (χ3v) is 7.53. The van der Waals surface area contributed by atoms with E-state index in [2.05, 4.69) is 125 Å². The first-order valence-electron chi connectivity index (χ1n) is 12.0. The molecule has 0 fully saturated rings. The molecule has 0 saturated carbocycles. The van der Waals surface area contributed by atoms with Gasteiger partial charge in [-0.3, -0.25) is 0 Å². The van der Waals surface area contributed by atoms with Crippen molar-refractivity contribution in [2.45, 2.75) is 13.3 Å². The Bertz CT molecular complexity index is 1530. The molecular weight excluding hydrogens is 415 g/mol. The van der Waals surface area contributed by atoms with Crippen molar-refractivity contribution >= 4 is 23.9 Å². The highest BCUT2D eigenvalue weighted by Gasteiger charge is 2.53. The minimum atomic E-state index is -1.73. The van der Waals surface area contributed by atoms with Gasteiger partial charge < -0.3 is 13.6 Å². The number of aromatic nitrogens is 1. The summed E-state index contributed by atoms with van der Waals surface area (Å²) in [4.78, 5) is 0. The molecular formula is C30H25BN2O. The highest BCUT2D eigenvalue weighted by Crippen LogP contribution is 2.42. The van der Waals surface area contributed by atoms with Crippen molar-refractivity contribution in [1.29, 1.82) is 0 Å². The van der Waals surface area contributed by atoms with Gasteiger partial charge in [0.05, 0.1) is 5.57 Å². The maximum Gasteiger partial charge on any atom is 0.544 e. The standard InChI is InChI=1S/C30H25BN2O/c1-22-13-15-25(16-14-22)31-32-20-7-12-28(32)30(24-9-3-2-4-10-24)29-18-17-27(33(29)31)26-11-6-5-8-23(26)19-21-34-31/h2-18,20H,19,21H2,1H3/t31-/m0/s1. The molecule has 4 heteroatoms. The van der Waals surface area contributed by atoms with Crippen LogP contribution in [-0.4, -0.2) is 28.4 Å². The molecule has 0 aliphatic carbocycles. The van der Waals surface area contributed by atoms with Gasteiger partial charge in [0.1, 0.15) is 6.21 Å². The number of hydrogen-bond acceptors (Lipinski definition) is 1. The molecule has 7 rings (SSSR count). The molecule has 0 N–H and O–H groups in total. The largest absolute Gasteiger partial charge is 0.544 e. The molecule has 4 aromatic rings. The van der Waals surface area contributed by atoms with Crippen LogP contribution >= 0.6 is 0 Å². The summed E-state index contributed by atoms with van der Waals surface area (Å²) in [5, 5.41) is 0. The van der Waals surface area contributed by atoms with Crippen LogP contribution in [0.1, 0.15) is 22.4 Å². The van der Waals surface area contributed by atoms with Crippen LogP contribution in [-0.2, 0) is 11.1 Å². The van der Waals surface area contributed by atoms with Gasteiger partial charge in [0.2, 0.25) is 0 Å². The third-order valence-electron chi connectivity index (χ3n) is 7.53. The summed E-state index contributed by atoms with van der Waals surface area (Å²) >= 11 is 0. The number of fused-ring (bicyclic) bond motifs is 4. The van der Waals surface area contributed by atoms with Gasteiger partial charge in [0.15, 0.2) is 5.70 Å². The second kappa shape index (κ2) is 7.31. The van der Waals surface area contributed by atoms with Crippen LogP contribution < -0.4 is 5.46 Å². The molecule has 1 aromatic heterocycles. The van der Waals surface area contributed by atoms with E-state index < -0.39 is 6.62 Å². The van der Waals surface area contributed by atoms with E-state index in [0.717, 1.165) is 6.42 Å². The molecule has 3 nitrogen and oxygen atoms in total. The molecule has 3 aromatic carbocycles. The number of aryl methyl sites for hydroxylation is 1. The van der Waals surface area contributed by atoms with E-state index in [9.17, 15) is 0 Å². The van der Waals surface area contributed by atoms with Gasteiger partial charge in [-0.1, -0.05) is 89.9 Å². The molecule has 1 atom stereocenters. The topological polar surface area (TPSA) is 17.2 Å². The quantitative estimate of drug-likeness (QED) is 0.394. The van der Waals surface area contributed by atoms with Crippen molar-refractivity contribution in [3.05, 3.63) is 131 Å². The van der Waals surface area contributed by atoms with Crippen LogP contribution in [0.5, 0.6) is 0 Å². The Kier molecular flexibility index (Phi) is 4.21. The first kappa shape index (κ1) is 19.6. The average Bonchev–Trinajstić information content (AvgIpc) is 3.52. The third kappa shape index (κ3) is 2.60. The first-order valence-corrected chi connectivity index (χ1v) is 12.0. The van der Waals surface area contributed by atoms with Crippen molar-refractivity contribution < 1.29 is 9.14 Å². The predicted octanol–water partition coefficient (Wildman–Crippen LogP) is 5.16. The van der Waals surface area contributed by atoms with Gasteiger partial charge in [0.25, 0.3) is 0 Å². The lowest BCUT2D eigenvalue weighted by Gasteiger charge is -2.45. The van der Waals surface area contributed by atoms with Crippen molar-refractivity contribution in [2.75, 3.05) is 6.61 Å². The summed E-state index contributed by atoms with van der Waals surface area (Å²) in [5.41, 5.74) is 11.1. The zero-order valence-corrected chi connectivity index (χ0v) is 19.2. The molecule has 0 radical (unpaired) electrons. The van der Waals surface area contributed by atoms with Crippen molar-refractivity contribution in [3.63, 3.8) is 0 Å². The van der Waals surface area contributed by atoms with Gasteiger partial charge >= 0.3 is 6.62 Å². The highest BCUT2D eigenvalue weighted by molar-refractivity contribution is 6.79. The second-order valence-electron chi connectivity index (χ2n) is 9.41. The minimum Gasteiger partial charge on any atom is -0.507 e. The smallest absolute Gasteiger partial charge is 0.507 e. The van der Waals surface area contributed by atoms with Crippen LogP contribution in [0.2, 0.25) is 0 Å². The van der Waals surface area contributed by atoms with E-state index in [1.165, 1.54) is 50.4 Å². The summed E-state index contributed by atoms with van der Waals surface area (Å²) in [6, 6.07) is 32.9. The summed E-state index contributed by atoms with van der Waals surface area (Å²) in [7, 11) is 0. The lowest BCUT2D eigenvalue weighted by Crippen LogP contribution is -2.68.